The highest BCUT2D eigenvalue weighted by atomic mass is 16.1. The summed E-state index contributed by atoms with van der Waals surface area (Å²) in [7, 11) is 0. The lowest BCUT2D eigenvalue weighted by molar-refractivity contribution is -0.116. The molecule has 0 aliphatic carbocycles. The van der Waals surface area contributed by atoms with E-state index in [-0.39, 0.29) is 5.91 Å². The predicted molar refractivity (Wildman–Crippen MR) is 115 cm³/mol. The van der Waals surface area contributed by atoms with Crippen molar-refractivity contribution in [1.82, 2.24) is 0 Å². The van der Waals surface area contributed by atoms with Crippen molar-refractivity contribution in [3.8, 4) is 0 Å². The van der Waals surface area contributed by atoms with Crippen LogP contribution in [0, 0.1) is 0 Å². The number of rotatable bonds is 16. The van der Waals surface area contributed by atoms with E-state index in [2.05, 4.69) is 24.4 Å². The van der Waals surface area contributed by atoms with Gasteiger partial charge >= 0.3 is 0 Å². The molecule has 0 bridgehead atoms. The Labute approximate surface area is 161 Å². The molecule has 2 nitrogen and oxygen atoms in total. The number of anilines is 1. The van der Waals surface area contributed by atoms with E-state index >= 15 is 0 Å². The standard InChI is InChI=1S/C24H39NO/c1-2-3-4-5-6-7-8-9-10-11-12-13-14-15-19-22-24(26)25-23-20-17-16-18-21-23/h9-10,16-18,20-21H,2-8,11-15,19,22H2,1H3,(H,25,26). The first-order chi connectivity index (χ1) is 12.8. The van der Waals surface area contributed by atoms with E-state index in [0.29, 0.717) is 6.42 Å². The van der Waals surface area contributed by atoms with E-state index in [1.54, 1.807) is 0 Å². The van der Waals surface area contributed by atoms with Crippen molar-refractivity contribution in [2.75, 3.05) is 5.32 Å². The number of unbranched alkanes of at least 4 members (excludes halogenated alkanes) is 11. The molecule has 0 saturated heterocycles. The van der Waals surface area contributed by atoms with Gasteiger partial charge in [0.25, 0.3) is 0 Å². The Hall–Kier alpha value is -1.57. The second-order valence-corrected chi connectivity index (χ2v) is 7.25. The summed E-state index contributed by atoms with van der Waals surface area (Å²) in [6.07, 6.45) is 22.1. The molecular formula is C24H39NO. The summed E-state index contributed by atoms with van der Waals surface area (Å²) < 4.78 is 0. The monoisotopic (exact) mass is 357 g/mol. The van der Waals surface area contributed by atoms with Gasteiger partial charge in [-0.25, -0.2) is 0 Å². The van der Waals surface area contributed by atoms with Crippen molar-refractivity contribution >= 4 is 11.6 Å². The Bertz CT molecular complexity index is 466. The lowest BCUT2D eigenvalue weighted by Crippen LogP contribution is -2.10. The number of carbonyl (C=O) groups is 1. The molecule has 0 unspecified atom stereocenters. The minimum absolute atomic E-state index is 0.133. The first-order valence-corrected chi connectivity index (χ1v) is 10.8. The predicted octanol–water partition coefficient (Wildman–Crippen LogP) is 7.66. The third-order valence-electron chi connectivity index (χ3n) is 4.72. The first-order valence-electron chi connectivity index (χ1n) is 10.8. The fraction of sp³-hybridized carbons (Fsp3) is 0.625. The Morgan fingerprint density at radius 3 is 1.92 bits per heavy atom. The van der Waals surface area contributed by atoms with Crippen LogP contribution >= 0.6 is 0 Å². The number of carbonyl (C=O) groups excluding carboxylic acids is 1. The number of para-hydroxylation sites is 1. The van der Waals surface area contributed by atoms with Crippen LogP contribution in [0.15, 0.2) is 42.5 Å². The van der Waals surface area contributed by atoms with Gasteiger partial charge in [-0.1, -0.05) is 88.6 Å². The Balaban J connectivity index is 1.83. The van der Waals surface area contributed by atoms with Crippen LogP contribution in [0.5, 0.6) is 0 Å². The topological polar surface area (TPSA) is 29.1 Å². The molecule has 0 aromatic heterocycles. The number of hydrogen-bond acceptors (Lipinski definition) is 1. The summed E-state index contributed by atoms with van der Waals surface area (Å²) in [4.78, 5) is 11.8. The molecule has 0 aliphatic heterocycles. The van der Waals surface area contributed by atoms with Crippen LogP contribution in [0.1, 0.15) is 96.8 Å². The van der Waals surface area contributed by atoms with E-state index in [9.17, 15) is 4.79 Å². The van der Waals surface area contributed by atoms with Gasteiger partial charge in [-0.05, 0) is 44.2 Å². The van der Waals surface area contributed by atoms with Gasteiger partial charge in [0, 0.05) is 12.1 Å². The minimum atomic E-state index is 0.133. The fourth-order valence-electron chi connectivity index (χ4n) is 3.10. The van der Waals surface area contributed by atoms with E-state index in [1.165, 1.54) is 70.6 Å². The molecule has 0 radical (unpaired) electrons. The molecule has 0 fully saturated rings. The highest BCUT2D eigenvalue weighted by molar-refractivity contribution is 5.90. The van der Waals surface area contributed by atoms with Crippen molar-refractivity contribution in [3.63, 3.8) is 0 Å². The van der Waals surface area contributed by atoms with E-state index in [0.717, 1.165) is 18.5 Å². The summed E-state index contributed by atoms with van der Waals surface area (Å²) in [5, 5.41) is 2.94. The van der Waals surface area contributed by atoms with Gasteiger partial charge in [0.15, 0.2) is 0 Å². The van der Waals surface area contributed by atoms with Crippen LogP contribution in [0.3, 0.4) is 0 Å². The van der Waals surface area contributed by atoms with Crippen molar-refractivity contribution in [3.05, 3.63) is 42.5 Å². The fourth-order valence-corrected chi connectivity index (χ4v) is 3.10. The summed E-state index contributed by atoms with van der Waals surface area (Å²) >= 11 is 0. The van der Waals surface area contributed by atoms with Gasteiger partial charge < -0.3 is 5.32 Å². The average Bonchev–Trinajstić information content (AvgIpc) is 2.65. The molecule has 26 heavy (non-hydrogen) atoms. The first kappa shape index (κ1) is 22.5. The van der Waals surface area contributed by atoms with Gasteiger partial charge in [-0.15, -0.1) is 0 Å². The molecule has 0 aliphatic rings. The molecule has 0 heterocycles. The average molecular weight is 358 g/mol. The summed E-state index contributed by atoms with van der Waals surface area (Å²) in [6, 6.07) is 9.70. The number of amides is 1. The smallest absolute Gasteiger partial charge is 0.224 e. The van der Waals surface area contributed by atoms with Crippen LogP contribution in [0.4, 0.5) is 5.69 Å². The largest absolute Gasteiger partial charge is 0.326 e. The molecule has 1 rings (SSSR count). The highest BCUT2D eigenvalue weighted by Crippen LogP contribution is 2.11. The molecular weight excluding hydrogens is 318 g/mol. The summed E-state index contributed by atoms with van der Waals surface area (Å²) in [5.74, 6) is 0.133. The zero-order chi connectivity index (χ0) is 18.7. The zero-order valence-electron chi connectivity index (χ0n) is 16.8. The quantitative estimate of drug-likeness (QED) is 0.239. The molecule has 1 aromatic rings. The molecule has 146 valence electrons. The Morgan fingerprint density at radius 2 is 1.31 bits per heavy atom. The number of nitrogens with one attached hydrogen (secondary N) is 1. The molecule has 0 spiro atoms. The molecule has 0 atom stereocenters. The lowest BCUT2D eigenvalue weighted by atomic mass is 10.1. The Kier molecular flexibility index (Phi) is 14.6. The Morgan fingerprint density at radius 1 is 0.769 bits per heavy atom. The number of benzene rings is 1. The number of allylic oxidation sites excluding steroid dienone is 2. The second-order valence-electron chi connectivity index (χ2n) is 7.25. The van der Waals surface area contributed by atoms with E-state index in [4.69, 9.17) is 0 Å². The summed E-state index contributed by atoms with van der Waals surface area (Å²) in [5.41, 5.74) is 0.894. The van der Waals surface area contributed by atoms with Crippen molar-refractivity contribution in [2.45, 2.75) is 96.8 Å². The van der Waals surface area contributed by atoms with Crippen LogP contribution in [-0.2, 0) is 4.79 Å². The third kappa shape index (κ3) is 13.7. The van der Waals surface area contributed by atoms with Crippen LogP contribution in [0.2, 0.25) is 0 Å². The van der Waals surface area contributed by atoms with Crippen molar-refractivity contribution < 1.29 is 4.79 Å². The molecule has 2 heteroatoms. The van der Waals surface area contributed by atoms with Crippen LogP contribution < -0.4 is 5.32 Å². The number of hydrogen-bond donors (Lipinski definition) is 1. The maximum absolute atomic E-state index is 11.8. The molecule has 1 aromatic carbocycles. The van der Waals surface area contributed by atoms with Gasteiger partial charge in [-0.2, -0.15) is 0 Å². The highest BCUT2D eigenvalue weighted by Gasteiger charge is 2.01. The minimum Gasteiger partial charge on any atom is -0.326 e. The van der Waals surface area contributed by atoms with Gasteiger partial charge in [0.1, 0.15) is 0 Å². The second kappa shape index (κ2) is 16.9. The SMILES string of the molecule is CCCCCCCCC=CCCCCCCCC(=O)Nc1ccccc1. The van der Waals surface area contributed by atoms with Crippen LogP contribution in [0.25, 0.3) is 0 Å². The maximum atomic E-state index is 11.8. The molecule has 0 saturated carbocycles. The van der Waals surface area contributed by atoms with Crippen molar-refractivity contribution in [1.29, 1.82) is 0 Å². The van der Waals surface area contributed by atoms with Crippen molar-refractivity contribution in [2.24, 2.45) is 0 Å². The third-order valence-corrected chi connectivity index (χ3v) is 4.72. The zero-order valence-corrected chi connectivity index (χ0v) is 16.8. The summed E-state index contributed by atoms with van der Waals surface area (Å²) in [6.45, 7) is 2.27. The van der Waals surface area contributed by atoms with E-state index < -0.39 is 0 Å². The van der Waals surface area contributed by atoms with Gasteiger partial charge in [-0.3, -0.25) is 4.79 Å². The molecule has 1 amide bonds. The normalized spacial score (nSPS) is 11.1. The molecule has 1 N–H and O–H groups in total. The van der Waals surface area contributed by atoms with Gasteiger partial charge in [0.2, 0.25) is 5.91 Å². The lowest BCUT2D eigenvalue weighted by Gasteiger charge is -2.04. The maximum Gasteiger partial charge on any atom is 0.224 e. The van der Waals surface area contributed by atoms with Gasteiger partial charge in [0.05, 0.1) is 0 Å². The van der Waals surface area contributed by atoms with Crippen LogP contribution in [-0.4, -0.2) is 5.91 Å². The van der Waals surface area contributed by atoms with E-state index in [1.807, 2.05) is 30.3 Å².